The minimum absolute atomic E-state index is 0.910. The van der Waals surface area contributed by atoms with Gasteiger partial charge in [0, 0.05) is 10.8 Å². The molecule has 0 saturated heterocycles. The summed E-state index contributed by atoms with van der Waals surface area (Å²) in [5.41, 5.74) is 0. The Bertz CT molecular complexity index is 1810. The highest BCUT2D eigenvalue weighted by Gasteiger charge is 2.43. The summed E-state index contributed by atoms with van der Waals surface area (Å²) in [5, 5.41) is 9.70. The van der Waals surface area contributed by atoms with Crippen molar-refractivity contribution in [3.63, 3.8) is 0 Å². The van der Waals surface area contributed by atoms with E-state index in [9.17, 15) is 0 Å². The van der Waals surface area contributed by atoms with E-state index in [1.54, 1.807) is 0 Å². The van der Waals surface area contributed by atoms with Crippen molar-refractivity contribution in [1.29, 1.82) is 0 Å². The van der Waals surface area contributed by atoms with E-state index in [-0.39, 0.29) is 0 Å². The van der Waals surface area contributed by atoms with E-state index in [0.29, 0.717) is 0 Å². The molecule has 3 heteroatoms. The van der Waals surface area contributed by atoms with Gasteiger partial charge in [-0.05, 0) is 31.0 Å². The fourth-order valence-corrected chi connectivity index (χ4v) is 11.3. The molecule has 0 N–H and O–H groups in total. The molecule has 0 aliphatic carbocycles. The molecule has 0 aromatic heterocycles. The molecular formula is C32H20O2Si-. The average Bonchev–Trinajstić information content (AvgIpc) is 2.93. The number of fused-ring (bicyclic) bond motifs is 8. The zero-order valence-corrected chi connectivity index (χ0v) is 19.9. The smallest absolute Gasteiger partial charge is 0.108 e. The van der Waals surface area contributed by atoms with E-state index in [2.05, 4.69) is 121 Å². The van der Waals surface area contributed by atoms with Crippen LogP contribution in [0.15, 0.2) is 121 Å². The van der Waals surface area contributed by atoms with Crippen LogP contribution < -0.4 is 30.2 Å². The summed E-state index contributed by atoms with van der Waals surface area (Å²) < 4.78 is 13.6. The van der Waals surface area contributed by atoms with E-state index in [4.69, 9.17) is 9.47 Å². The lowest BCUT2D eigenvalue weighted by Crippen LogP contribution is -2.77. The highest BCUT2D eigenvalue weighted by molar-refractivity contribution is 7.22. The Labute approximate surface area is 204 Å². The molecule has 165 valence electrons. The molecule has 0 bridgehead atoms. The maximum absolute atomic E-state index is 6.86. The van der Waals surface area contributed by atoms with Crippen molar-refractivity contribution in [3.8, 4) is 23.0 Å². The number of rotatable bonds is 1. The predicted octanol–water partition coefficient (Wildman–Crippen LogP) is 5.58. The maximum Gasteiger partial charge on any atom is 0.108 e. The van der Waals surface area contributed by atoms with Gasteiger partial charge in [0.1, 0.15) is 17.2 Å². The molecule has 2 aliphatic heterocycles. The van der Waals surface area contributed by atoms with Crippen LogP contribution in [0, 0.1) is 0 Å². The van der Waals surface area contributed by atoms with Crippen LogP contribution in [0.4, 0.5) is 0 Å². The third kappa shape index (κ3) is 2.38. The van der Waals surface area contributed by atoms with Gasteiger partial charge in [-0.2, -0.15) is 5.19 Å². The molecule has 0 fully saturated rings. The molecule has 1 atom stereocenters. The SMILES string of the molecule is c1ccc([Si-]23c4ccccc4Oc4c2c(cc2ccccc42)Oc2c3ccc3ccccc23)cc1. The first-order valence-electron chi connectivity index (χ1n) is 11.9. The summed E-state index contributed by atoms with van der Waals surface area (Å²) in [4.78, 5) is 0. The summed E-state index contributed by atoms with van der Waals surface area (Å²) >= 11 is 0. The van der Waals surface area contributed by atoms with Gasteiger partial charge in [-0.25, -0.2) is 0 Å². The van der Waals surface area contributed by atoms with Gasteiger partial charge >= 0.3 is 0 Å². The summed E-state index contributed by atoms with van der Waals surface area (Å²) in [7, 11) is -2.74. The zero-order chi connectivity index (χ0) is 23.0. The first-order chi connectivity index (χ1) is 17.4. The first kappa shape index (κ1) is 19.0. The van der Waals surface area contributed by atoms with Crippen molar-refractivity contribution >= 4 is 50.4 Å². The highest BCUT2D eigenvalue weighted by atomic mass is 28.3. The molecular weight excluding hydrogens is 444 g/mol. The van der Waals surface area contributed by atoms with Gasteiger partial charge in [-0.3, -0.25) is 0 Å². The van der Waals surface area contributed by atoms with Crippen molar-refractivity contribution in [2.75, 3.05) is 0 Å². The molecule has 6 aromatic rings. The number of hydrogen-bond donors (Lipinski definition) is 0. The van der Waals surface area contributed by atoms with Gasteiger partial charge < -0.3 is 9.47 Å². The van der Waals surface area contributed by atoms with Crippen LogP contribution in [-0.2, 0) is 0 Å². The van der Waals surface area contributed by atoms with E-state index in [1.807, 2.05) is 0 Å². The summed E-state index contributed by atoms with van der Waals surface area (Å²) in [6.45, 7) is 0. The van der Waals surface area contributed by atoms with Gasteiger partial charge in [0.15, 0.2) is 0 Å². The van der Waals surface area contributed by atoms with Crippen LogP contribution in [0.3, 0.4) is 0 Å². The van der Waals surface area contributed by atoms with Gasteiger partial charge in [0.2, 0.25) is 0 Å². The Balaban J connectivity index is 1.64. The summed E-state index contributed by atoms with van der Waals surface area (Å²) in [5.74, 6) is 3.77. The molecule has 6 aromatic carbocycles. The Kier molecular flexibility index (Phi) is 3.72. The Hall–Kier alpha value is -4.34. The normalized spacial score (nSPS) is 17.1. The summed E-state index contributed by atoms with van der Waals surface area (Å²) in [6.07, 6.45) is 0. The van der Waals surface area contributed by atoms with Crippen LogP contribution in [0.1, 0.15) is 0 Å². The molecule has 2 aliphatic rings. The Morgan fingerprint density at radius 3 is 1.97 bits per heavy atom. The van der Waals surface area contributed by atoms with Gasteiger partial charge in [0.25, 0.3) is 0 Å². The minimum atomic E-state index is -2.74. The standard InChI is InChI=1S/C32H20O2Si/c1-2-12-23(13-3-1)35-28-17-9-8-16-26(28)33-31-25-15-7-5-11-22(25)20-27(32(31)35)34-30-24-14-6-4-10-21(24)18-19-29(30)35/h1-20H/q-1. The lowest BCUT2D eigenvalue weighted by Gasteiger charge is -2.54. The topological polar surface area (TPSA) is 18.5 Å². The van der Waals surface area contributed by atoms with Crippen molar-refractivity contribution in [2.45, 2.75) is 0 Å². The number of ether oxygens (including phenoxy) is 2. The molecule has 0 amide bonds. The molecule has 2 nitrogen and oxygen atoms in total. The van der Waals surface area contributed by atoms with Crippen molar-refractivity contribution in [1.82, 2.24) is 0 Å². The van der Waals surface area contributed by atoms with E-state index in [0.717, 1.165) is 39.2 Å². The number of benzene rings is 6. The second-order valence-corrected chi connectivity index (χ2v) is 12.9. The van der Waals surface area contributed by atoms with Crippen LogP contribution >= 0.6 is 0 Å². The quantitative estimate of drug-likeness (QED) is 0.295. The Morgan fingerprint density at radius 1 is 0.457 bits per heavy atom. The van der Waals surface area contributed by atoms with Gasteiger partial charge in [-0.15, -0.1) is 10.4 Å². The van der Waals surface area contributed by atoms with Crippen molar-refractivity contribution in [2.24, 2.45) is 0 Å². The fraction of sp³-hybridized carbons (Fsp3) is 0. The third-order valence-electron chi connectivity index (χ3n) is 7.55. The van der Waals surface area contributed by atoms with Gasteiger partial charge in [-0.1, -0.05) is 114 Å². The summed E-state index contributed by atoms with van der Waals surface area (Å²) in [6, 6.07) is 43.4. The second kappa shape index (κ2) is 6.84. The molecule has 1 unspecified atom stereocenters. The predicted molar refractivity (Wildman–Crippen MR) is 145 cm³/mol. The molecule has 0 radical (unpaired) electrons. The van der Waals surface area contributed by atoms with Gasteiger partial charge in [0.05, 0.1) is 5.75 Å². The van der Waals surface area contributed by atoms with E-state index >= 15 is 0 Å². The average molecular weight is 465 g/mol. The van der Waals surface area contributed by atoms with Crippen LogP contribution in [0.5, 0.6) is 23.0 Å². The molecule has 2 heterocycles. The molecule has 0 spiro atoms. The lowest BCUT2D eigenvalue weighted by molar-refractivity contribution is 0.470. The Morgan fingerprint density at radius 2 is 1.11 bits per heavy atom. The largest absolute Gasteiger partial charge is 0.462 e. The second-order valence-electron chi connectivity index (χ2n) is 9.28. The monoisotopic (exact) mass is 464 g/mol. The molecule has 8 rings (SSSR count). The van der Waals surface area contributed by atoms with Crippen molar-refractivity contribution in [3.05, 3.63) is 121 Å². The first-order valence-corrected chi connectivity index (χ1v) is 13.9. The maximum atomic E-state index is 6.86. The number of hydrogen-bond acceptors (Lipinski definition) is 2. The van der Waals surface area contributed by atoms with E-state index in [1.165, 1.54) is 26.1 Å². The molecule has 0 saturated carbocycles. The number of para-hydroxylation sites is 1. The van der Waals surface area contributed by atoms with Crippen LogP contribution in [0.2, 0.25) is 0 Å². The molecule has 35 heavy (non-hydrogen) atoms. The fourth-order valence-electron chi connectivity index (χ4n) is 6.12. The van der Waals surface area contributed by atoms with E-state index < -0.39 is 8.07 Å². The highest BCUT2D eigenvalue weighted by Crippen LogP contribution is 2.44. The third-order valence-corrected chi connectivity index (χ3v) is 12.4. The minimum Gasteiger partial charge on any atom is -0.462 e. The van der Waals surface area contributed by atoms with Crippen LogP contribution in [-0.4, -0.2) is 8.07 Å². The van der Waals surface area contributed by atoms with Crippen molar-refractivity contribution < 1.29 is 9.47 Å². The van der Waals surface area contributed by atoms with Crippen LogP contribution in [0.25, 0.3) is 21.5 Å². The lowest BCUT2D eigenvalue weighted by atomic mass is 10.1. The zero-order valence-electron chi connectivity index (χ0n) is 18.9.